The fraction of sp³-hybridized carbons (Fsp3) is 0.295. The van der Waals surface area contributed by atoms with Crippen molar-refractivity contribution in [1.29, 1.82) is 0 Å². The smallest absolute Gasteiger partial charge is 0.307 e. The highest BCUT2D eigenvalue weighted by atomic mass is 35.5. The normalized spacial score (nSPS) is 17.4. The number of carboxylic acid groups (broad SMARTS) is 1. The Morgan fingerprint density at radius 3 is 2.32 bits per heavy atom. The molecular weight excluding hydrogens is 642 g/mol. The molecule has 4 aromatic rings. The minimum absolute atomic E-state index is 0.104. The first-order chi connectivity index (χ1) is 24.2. The zero-order valence-corrected chi connectivity index (χ0v) is 29.8. The number of aryl methyl sites for hydroxylation is 2. The number of carbonyl (C=O) groups excluding carboxylic acids is 1. The summed E-state index contributed by atoms with van der Waals surface area (Å²) in [5.41, 5.74) is 11.1. The number of benzene rings is 4. The van der Waals surface area contributed by atoms with E-state index in [1.54, 1.807) is 7.11 Å². The first kappa shape index (κ1) is 35.1. The molecule has 5 nitrogen and oxygen atoms in total. The van der Waals surface area contributed by atoms with Gasteiger partial charge in [0.15, 0.2) is 5.78 Å². The van der Waals surface area contributed by atoms with Gasteiger partial charge in [0.05, 0.1) is 13.5 Å². The molecular formula is C44H44ClNO4. The highest BCUT2D eigenvalue weighted by Crippen LogP contribution is 2.39. The van der Waals surface area contributed by atoms with E-state index in [0.29, 0.717) is 47.4 Å². The van der Waals surface area contributed by atoms with E-state index >= 15 is 0 Å². The molecule has 0 radical (unpaired) electrons. The largest absolute Gasteiger partial charge is 0.496 e. The maximum absolute atomic E-state index is 13.7. The number of carbonyl (C=O) groups is 2. The van der Waals surface area contributed by atoms with E-state index in [9.17, 15) is 14.7 Å². The van der Waals surface area contributed by atoms with Gasteiger partial charge in [0.1, 0.15) is 5.75 Å². The lowest BCUT2D eigenvalue weighted by Crippen LogP contribution is -2.13. The van der Waals surface area contributed by atoms with E-state index in [0.717, 1.165) is 75.9 Å². The molecule has 0 saturated heterocycles. The van der Waals surface area contributed by atoms with E-state index in [2.05, 4.69) is 85.6 Å². The van der Waals surface area contributed by atoms with Crippen LogP contribution >= 0.6 is 11.6 Å². The third kappa shape index (κ3) is 8.00. The number of halogens is 1. The van der Waals surface area contributed by atoms with Gasteiger partial charge >= 0.3 is 5.97 Å². The molecule has 50 heavy (non-hydrogen) atoms. The van der Waals surface area contributed by atoms with Crippen LogP contribution in [0.25, 0.3) is 27.8 Å². The number of hydrogen-bond donors (Lipinski definition) is 1. The van der Waals surface area contributed by atoms with E-state index in [1.807, 2.05) is 30.5 Å². The molecule has 1 aliphatic carbocycles. The fourth-order valence-corrected chi connectivity index (χ4v) is 7.55. The summed E-state index contributed by atoms with van der Waals surface area (Å²) in [5, 5.41) is 10.1. The molecule has 0 spiro atoms. The first-order valence-electron chi connectivity index (χ1n) is 17.5. The van der Waals surface area contributed by atoms with Gasteiger partial charge in [-0.1, -0.05) is 90.8 Å². The summed E-state index contributed by atoms with van der Waals surface area (Å²) in [7, 11) is 1.55. The monoisotopic (exact) mass is 685 g/mol. The third-order valence-corrected chi connectivity index (χ3v) is 10.5. The Hall–Kier alpha value is -4.74. The number of rotatable bonds is 10. The first-order valence-corrected chi connectivity index (χ1v) is 17.9. The van der Waals surface area contributed by atoms with Crippen LogP contribution in [0.2, 0.25) is 5.02 Å². The Balaban J connectivity index is 1.26. The van der Waals surface area contributed by atoms with Crippen LogP contribution in [0, 0.1) is 5.92 Å². The molecule has 4 aromatic carbocycles. The van der Waals surface area contributed by atoms with Gasteiger partial charge in [-0.15, -0.1) is 0 Å². The second-order valence-electron chi connectivity index (χ2n) is 13.5. The van der Waals surface area contributed by atoms with Crippen LogP contribution in [0.15, 0.2) is 102 Å². The Kier molecular flexibility index (Phi) is 11.1. The summed E-state index contributed by atoms with van der Waals surface area (Å²) in [4.78, 5) is 29.6. The Morgan fingerprint density at radius 1 is 0.940 bits per heavy atom. The number of Topliss-reactive ketones (excluding diaryl/α,β-unsaturated/α-hetero) is 1. The van der Waals surface area contributed by atoms with Gasteiger partial charge in [-0.05, 0) is 108 Å². The maximum atomic E-state index is 13.7. The summed E-state index contributed by atoms with van der Waals surface area (Å²) in [6.45, 7) is 5.15. The third-order valence-electron chi connectivity index (χ3n) is 10.2. The van der Waals surface area contributed by atoms with Gasteiger partial charge in [-0.25, -0.2) is 0 Å². The summed E-state index contributed by atoms with van der Waals surface area (Å²) in [5.74, 6) is 0.648. The number of hydrogen-bond acceptors (Lipinski definition) is 4. The number of ether oxygens (including phenoxy) is 1. The maximum Gasteiger partial charge on any atom is 0.307 e. The van der Waals surface area contributed by atoms with Crippen molar-refractivity contribution in [3.8, 4) is 28.0 Å². The molecule has 0 amide bonds. The second-order valence-corrected chi connectivity index (χ2v) is 13.9. The molecule has 0 saturated carbocycles. The second kappa shape index (κ2) is 15.9. The highest BCUT2D eigenvalue weighted by Gasteiger charge is 2.23. The molecule has 256 valence electrons. The fourth-order valence-electron chi connectivity index (χ4n) is 7.25. The molecule has 1 N–H and O–H groups in total. The van der Waals surface area contributed by atoms with Crippen molar-refractivity contribution in [1.82, 2.24) is 0 Å². The van der Waals surface area contributed by atoms with Crippen molar-refractivity contribution in [2.24, 2.45) is 10.9 Å². The molecule has 0 aromatic heterocycles. The zero-order valence-electron chi connectivity index (χ0n) is 29.0. The van der Waals surface area contributed by atoms with Crippen LogP contribution in [0.4, 0.5) is 0 Å². The van der Waals surface area contributed by atoms with Crippen LogP contribution in [0.1, 0.15) is 73.3 Å². The molecule has 2 atom stereocenters. The molecule has 1 heterocycles. The summed E-state index contributed by atoms with van der Waals surface area (Å²) < 4.78 is 5.38. The van der Waals surface area contributed by atoms with Crippen LogP contribution in [-0.4, -0.2) is 36.7 Å². The van der Waals surface area contributed by atoms with Crippen LogP contribution < -0.4 is 4.74 Å². The number of allylic oxidation sites excluding steroid dienone is 3. The van der Waals surface area contributed by atoms with Crippen LogP contribution in [0.5, 0.6) is 5.75 Å². The molecule has 1 aliphatic heterocycles. The SMILES string of the molecule is COc1ccc(CCC(C)=C2C(=O)CCCCc3cc(Cl)c(-c4ccc(-c5ccc(C(C)C6C=CC=NC6)cc5)cc4)cc32)cc1CC(=O)O. The van der Waals surface area contributed by atoms with E-state index < -0.39 is 5.97 Å². The topological polar surface area (TPSA) is 76.0 Å². The number of fused-ring (bicyclic) bond motifs is 1. The van der Waals surface area contributed by atoms with Crippen LogP contribution in [-0.2, 0) is 28.9 Å². The van der Waals surface area contributed by atoms with Crippen LogP contribution in [0.3, 0.4) is 0 Å². The molecule has 0 fully saturated rings. The van der Waals surface area contributed by atoms with E-state index in [1.165, 1.54) is 5.56 Å². The average Bonchev–Trinajstić information content (AvgIpc) is 3.12. The van der Waals surface area contributed by atoms with Gasteiger partial charge in [0.25, 0.3) is 0 Å². The number of aliphatic carboxylic acids is 1. The predicted molar refractivity (Wildman–Crippen MR) is 205 cm³/mol. The summed E-state index contributed by atoms with van der Waals surface area (Å²) in [6, 6.07) is 27.2. The zero-order chi connectivity index (χ0) is 35.2. The van der Waals surface area contributed by atoms with Crippen molar-refractivity contribution in [2.45, 2.75) is 64.7 Å². The lowest BCUT2D eigenvalue weighted by molar-refractivity contribution is -0.136. The van der Waals surface area contributed by atoms with Gasteiger partial charge in [0.2, 0.25) is 0 Å². The number of carboxylic acids is 1. The number of ketones is 1. The summed E-state index contributed by atoms with van der Waals surface area (Å²) >= 11 is 6.97. The minimum atomic E-state index is -0.901. The molecule has 2 unspecified atom stereocenters. The number of methoxy groups -OCH3 is 1. The van der Waals surface area contributed by atoms with Gasteiger partial charge in [0, 0.05) is 46.8 Å². The molecule has 0 bridgehead atoms. The molecule has 6 rings (SSSR count). The van der Waals surface area contributed by atoms with Crippen molar-refractivity contribution in [3.05, 3.63) is 129 Å². The van der Waals surface area contributed by atoms with Crippen molar-refractivity contribution in [2.75, 3.05) is 13.7 Å². The average molecular weight is 686 g/mol. The Labute approximate surface area is 300 Å². The summed E-state index contributed by atoms with van der Waals surface area (Å²) in [6.07, 6.45) is 10.6. The number of dihydropyridines is 1. The van der Waals surface area contributed by atoms with E-state index in [-0.39, 0.29) is 12.2 Å². The molecule has 2 aliphatic rings. The van der Waals surface area contributed by atoms with Crippen molar-refractivity contribution in [3.63, 3.8) is 0 Å². The van der Waals surface area contributed by atoms with Crippen molar-refractivity contribution < 1.29 is 19.4 Å². The quantitative estimate of drug-likeness (QED) is 0.169. The number of aliphatic imine (C=N–C) groups is 1. The Morgan fingerprint density at radius 2 is 1.64 bits per heavy atom. The lowest BCUT2D eigenvalue weighted by Gasteiger charge is -2.21. The van der Waals surface area contributed by atoms with Gasteiger partial charge in [-0.2, -0.15) is 0 Å². The van der Waals surface area contributed by atoms with Gasteiger partial charge < -0.3 is 9.84 Å². The predicted octanol–water partition coefficient (Wildman–Crippen LogP) is 10.4. The minimum Gasteiger partial charge on any atom is -0.496 e. The van der Waals surface area contributed by atoms with E-state index in [4.69, 9.17) is 16.3 Å². The number of nitrogens with zero attached hydrogens (tertiary/aromatic N) is 1. The highest BCUT2D eigenvalue weighted by molar-refractivity contribution is 6.34. The molecule has 6 heteroatoms. The standard InChI is InChI=1S/C44H44ClNO4/c1-28(10-11-30-12-21-42(50-3)37(23-30)25-43(48)49)44-39-26-38(40(45)24-35(39)7-4-5-9-41(44)47)34-19-17-33(18-20-34)32-15-13-31(14-16-32)29(2)36-8-6-22-46-27-36/h6,8,12-24,26,29,36H,4-5,7,9-11,25,27H2,1-3H3,(H,48,49). The van der Waals surface area contributed by atoms with Crippen molar-refractivity contribution >= 4 is 35.1 Å². The Bertz CT molecular complexity index is 1970. The van der Waals surface area contributed by atoms with Gasteiger partial charge in [-0.3, -0.25) is 14.6 Å². The lowest BCUT2D eigenvalue weighted by atomic mass is 9.83.